The van der Waals surface area contributed by atoms with Crippen molar-refractivity contribution < 1.29 is 32.7 Å². The molecule has 0 spiro atoms. The molecule has 0 aliphatic rings. The van der Waals surface area contributed by atoms with E-state index in [0.29, 0.717) is 11.8 Å². The molecule has 0 radical (unpaired) electrons. The van der Waals surface area contributed by atoms with Crippen molar-refractivity contribution >= 4 is 21.8 Å². The van der Waals surface area contributed by atoms with Crippen LogP contribution in [0.5, 0.6) is 0 Å². The number of hydrogen-bond donors (Lipinski definition) is 1. The second kappa shape index (κ2) is 20.4. The summed E-state index contributed by atoms with van der Waals surface area (Å²) < 4.78 is 0. The number of aromatic amines is 1. The first kappa shape index (κ1) is 38.9. The van der Waals surface area contributed by atoms with E-state index in [0.717, 1.165) is 23.3 Å². The topological polar surface area (TPSA) is 28.7 Å². The summed E-state index contributed by atoms with van der Waals surface area (Å²) >= 11 is 0. The first-order valence-corrected chi connectivity index (χ1v) is 12.9. The molecule has 1 unspecified atom stereocenters. The molecule has 0 bridgehead atoms. The Morgan fingerprint density at radius 3 is 1.97 bits per heavy atom. The van der Waals surface area contributed by atoms with Gasteiger partial charge in [-0.3, -0.25) is 4.98 Å². The zero-order valence-electron chi connectivity index (χ0n) is 25.2. The molecule has 1 heterocycles. The van der Waals surface area contributed by atoms with Crippen LogP contribution in [0.4, 0.5) is 0 Å². The number of hydrogen-bond acceptors (Lipinski definition) is 1. The normalized spacial score (nSPS) is 10.1. The maximum Gasteiger partial charge on any atom is 3.00 e. The van der Waals surface area contributed by atoms with Gasteiger partial charge in [0.05, 0.1) is 11.0 Å². The molecule has 1 N–H and O–H groups in total. The SMILES string of the molecule is CC.CC.CC.C[CH-]c1nc2ccc(-c3cccc4c(CC(C)C(C)C)cccc34)cc2[nH]1.[CH3-].[CH3-].[Y+3]. The summed E-state index contributed by atoms with van der Waals surface area (Å²) in [5.41, 5.74) is 6.06. The number of imidazole rings is 1. The van der Waals surface area contributed by atoms with Gasteiger partial charge in [0.1, 0.15) is 0 Å². The van der Waals surface area contributed by atoms with Gasteiger partial charge < -0.3 is 26.3 Å². The van der Waals surface area contributed by atoms with Crippen LogP contribution in [-0.4, -0.2) is 9.97 Å². The minimum atomic E-state index is 0. The summed E-state index contributed by atoms with van der Waals surface area (Å²) in [5.74, 6) is 2.28. The van der Waals surface area contributed by atoms with Crippen molar-refractivity contribution in [2.45, 2.75) is 75.7 Å². The molecule has 0 fully saturated rings. The van der Waals surface area contributed by atoms with Gasteiger partial charge in [-0.25, -0.2) is 0 Å². The second-order valence-electron chi connectivity index (χ2n) is 7.89. The van der Waals surface area contributed by atoms with Crippen molar-refractivity contribution in [1.82, 2.24) is 9.97 Å². The summed E-state index contributed by atoms with van der Waals surface area (Å²) in [6.07, 6.45) is 3.12. The first-order valence-electron chi connectivity index (χ1n) is 12.9. The zero-order valence-corrected chi connectivity index (χ0v) is 28.0. The van der Waals surface area contributed by atoms with Crippen molar-refractivity contribution in [3.05, 3.63) is 87.3 Å². The Hall–Kier alpha value is -1.64. The third-order valence-electron chi connectivity index (χ3n) is 5.78. The third kappa shape index (κ3) is 9.67. The van der Waals surface area contributed by atoms with E-state index in [1.165, 1.54) is 27.5 Å². The van der Waals surface area contributed by atoms with Gasteiger partial charge in [0, 0.05) is 0 Å². The van der Waals surface area contributed by atoms with Crippen LogP contribution in [0.25, 0.3) is 32.9 Å². The van der Waals surface area contributed by atoms with Gasteiger partial charge >= 0.3 is 32.7 Å². The molecule has 2 nitrogen and oxygen atoms in total. The molecule has 0 amide bonds. The Kier molecular flexibility index (Phi) is 22.1. The molecular formula is C33H51N2Y. The molecular weight excluding hydrogens is 513 g/mol. The average Bonchev–Trinajstić information content (AvgIpc) is 3.30. The zero-order chi connectivity index (χ0) is 25.0. The fraction of sp³-hybridized carbons (Fsp3) is 0.394. The summed E-state index contributed by atoms with van der Waals surface area (Å²) in [4.78, 5) is 7.97. The van der Waals surface area contributed by atoms with E-state index < -0.39 is 0 Å². The first-order chi connectivity index (χ1) is 16.1. The molecule has 0 aliphatic carbocycles. The Morgan fingerprint density at radius 2 is 1.39 bits per heavy atom. The van der Waals surface area contributed by atoms with E-state index in [4.69, 9.17) is 0 Å². The van der Waals surface area contributed by atoms with Gasteiger partial charge in [0.15, 0.2) is 0 Å². The van der Waals surface area contributed by atoms with Gasteiger partial charge in [-0.2, -0.15) is 6.92 Å². The quantitative estimate of drug-likeness (QED) is 0.240. The van der Waals surface area contributed by atoms with Crippen LogP contribution in [0.2, 0.25) is 0 Å². The molecule has 1 atom stereocenters. The molecule has 4 aromatic rings. The molecule has 3 heteroatoms. The van der Waals surface area contributed by atoms with Gasteiger partial charge in [0.25, 0.3) is 0 Å². The minimum Gasteiger partial charge on any atom is -0.368 e. The Balaban J connectivity index is -0.00000113. The standard InChI is InChI=1S/C25H27N2.3C2H6.2CH3.Y/c1-5-25-26-23-13-12-19(15-24(23)27-25)21-10-7-9-20-18(8-6-11-22(20)21)14-17(4)16(2)3;3*1-2;;;/h5-13,15-17H,14H2,1-4H3,(H,26,27);3*1-2H3;2*1H3;/q-1;;;;2*-1;+3. The molecule has 1 aromatic heterocycles. The largest absolute Gasteiger partial charge is 3.00 e. The van der Waals surface area contributed by atoms with E-state index in [2.05, 4.69) is 85.3 Å². The smallest absolute Gasteiger partial charge is 0.368 e. The average molecular weight is 565 g/mol. The number of H-pyrrole nitrogens is 1. The fourth-order valence-corrected chi connectivity index (χ4v) is 3.72. The van der Waals surface area contributed by atoms with Crippen LogP contribution < -0.4 is 0 Å². The second-order valence-corrected chi connectivity index (χ2v) is 7.89. The fourth-order valence-electron chi connectivity index (χ4n) is 3.72. The monoisotopic (exact) mass is 564 g/mol. The maximum atomic E-state index is 4.58. The molecule has 0 saturated carbocycles. The van der Waals surface area contributed by atoms with Crippen LogP contribution >= 0.6 is 0 Å². The Labute approximate surface area is 249 Å². The number of aromatic nitrogens is 2. The van der Waals surface area contributed by atoms with Gasteiger partial charge in [-0.1, -0.05) is 105 Å². The van der Waals surface area contributed by atoms with Crippen LogP contribution in [-0.2, 0) is 39.1 Å². The molecule has 0 aliphatic heterocycles. The van der Waals surface area contributed by atoms with Crippen molar-refractivity contribution in [2.24, 2.45) is 11.8 Å². The van der Waals surface area contributed by atoms with Crippen LogP contribution in [0.3, 0.4) is 0 Å². The van der Waals surface area contributed by atoms with E-state index in [9.17, 15) is 0 Å². The van der Waals surface area contributed by atoms with Crippen LogP contribution in [0, 0.1) is 33.1 Å². The number of benzene rings is 3. The molecule has 36 heavy (non-hydrogen) atoms. The summed E-state index contributed by atoms with van der Waals surface area (Å²) in [7, 11) is 0. The number of nitrogens with one attached hydrogen (secondary N) is 1. The minimum absolute atomic E-state index is 0. The van der Waals surface area contributed by atoms with Gasteiger partial charge in [-0.05, 0) is 63.7 Å². The van der Waals surface area contributed by atoms with E-state index in [1.54, 1.807) is 0 Å². The third-order valence-corrected chi connectivity index (χ3v) is 5.78. The molecule has 4 rings (SSSR count). The van der Waals surface area contributed by atoms with E-state index in [-0.39, 0.29) is 47.6 Å². The maximum absolute atomic E-state index is 4.58. The Bertz CT molecular complexity index is 1100. The number of nitrogens with zero attached hydrogens (tertiary/aromatic N) is 1. The summed E-state index contributed by atoms with van der Waals surface area (Å²) in [5, 5.41) is 2.70. The summed E-state index contributed by atoms with van der Waals surface area (Å²) in [6.45, 7) is 21.0. The van der Waals surface area contributed by atoms with Crippen molar-refractivity contribution in [1.29, 1.82) is 0 Å². The number of rotatable bonds is 5. The van der Waals surface area contributed by atoms with E-state index in [1.807, 2.05) is 54.9 Å². The summed E-state index contributed by atoms with van der Waals surface area (Å²) in [6, 6.07) is 19.9. The van der Waals surface area contributed by atoms with Crippen molar-refractivity contribution in [3.8, 4) is 11.1 Å². The van der Waals surface area contributed by atoms with Gasteiger partial charge in [0.2, 0.25) is 0 Å². The van der Waals surface area contributed by atoms with Crippen LogP contribution in [0.15, 0.2) is 54.6 Å². The predicted molar refractivity (Wildman–Crippen MR) is 163 cm³/mol. The molecule has 3 aromatic carbocycles. The predicted octanol–water partition coefficient (Wildman–Crippen LogP) is 10.8. The van der Waals surface area contributed by atoms with E-state index >= 15 is 0 Å². The Morgan fingerprint density at radius 1 is 0.806 bits per heavy atom. The number of fused-ring (bicyclic) bond motifs is 2. The van der Waals surface area contributed by atoms with Crippen molar-refractivity contribution in [2.75, 3.05) is 0 Å². The van der Waals surface area contributed by atoms with Gasteiger partial charge in [-0.15, -0.1) is 0 Å². The van der Waals surface area contributed by atoms with Crippen molar-refractivity contribution in [3.63, 3.8) is 0 Å². The molecule has 0 saturated heterocycles. The van der Waals surface area contributed by atoms with Crippen LogP contribution in [0.1, 0.15) is 80.6 Å². The molecule has 196 valence electrons.